The van der Waals surface area contributed by atoms with Crippen molar-refractivity contribution in [2.24, 2.45) is 0 Å². The second-order valence-corrected chi connectivity index (χ2v) is 8.01. The van der Waals surface area contributed by atoms with Crippen molar-refractivity contribution in [3.05, 3.63) is 77.4 Å². The number of hydrogen-bond acceptors (Lipinski definition) is 8. The van der Waals surface area contributed by atoms with Crippen LogP contribution in [0.3, 0.4) is 0 Å². The number of hydrogen-bond donors (Lipinski definition) is 1. The first-order valence-corrected chi connectivity index (χ1v) is 10.5. The van der Waals surface area contributed by atoms with Crippen LogP contribution in [0.2, 0.25) is 0 Å². The standard InChI is InChI=1S/C24H26N6O2/c1-15-14-29(10-11-30(15)21-13-25-20(12-26-21)18(4)31)24-17(3)16(2)22(27-28-24)23(32)19-8-6-5-7-9-19/h5-9,12-13,15,31H,4,10-11,14H2,1-3H3/t15-/m1/s1. The maximum Gasteiger partial charge on any atom is 0.213 e. The van der Waals surface area contributed by atoms with Gasteiger partial charge in [0.15, 0.2) is 5.82 Å². The number of carbonyl (C=O) groups excluding carboxylic acids is 1. The Labute approximate surface area is 187 Å². The van der Waals surface area contributed by atoms with E-state index in [9.17, 15) is 9.90 Å². The summed E-state index contributed by atoms with van der Waals surface area (Å²) >= 11 is 0. The van der Waals surface area contributed by atoms with E-state index in [1.54, 1.807) is 18.3 Å². The van der Waals surface area contributed by atoms with Crippen molar-refractivity contribution >= 4 is 23.2 Å². The van der Waals surface area contributed by atoms with Crippen molar-refractivity contribution < 1.29 is 9.90 Å². The van der Waals surface area contributed by atoms with Crippen LogP contribution in [-0.4, -0.2) is 56.7 Å². The molecule has 2 aromatic heterocycles. The lowest BCUT2D eigenvalue weighted by atomic mass is 10.0. The molecule has 0 radical (unpaired) electrons. The zero-order chi connectivity index (χ0) is 22.8. The third-order valence-electron chi connectivity index (χ3n) is 5.90. The maximum atomic E-state index is 12.9. The van der Waals surface area contributed by atoms with E-state index in [2.05, 4.69) is 43.5 Å². The van der Waals surface area contributed by atoms with Crippen molar-refractivity contribution in [3.8, 4) is 0 Å². The summed E-state index contributed by atoms with van der Waals surface area (Å²) in [5, 5.41) is 18.2. The molecule has 164 valence electrons. The zero-order valence-electron chi connectivity index (χ0n) is 18.5. The first-order valence-electron chi connectivity index (χ1n) is 10.5. The molecule has 3 aromatic rings. The van der Waals surface area contributed by atoms with Gasteiger partial charge in [-0.05, 0) is 31.9 Å². The van der Waals surface area contributed by atoms with Gasteiger partial charge >= 0.3 is 0 Å². The molecule has 0 unspecified atom stereocenters. The van der Waals surface area contributed by atoms with Gasteiger partial charge in [-0.2, -0.15) is 0 Å². The second kappa shape index (κ2) is 8.74. The number of aromatic nitrogens is 4. The van der Waals surface area contributed by atoms with Gasteiger partial charge in [0.2, 0.25) is 5.78 Å². The summed E-state index contributed by atoms with van der Waals surface area (Å²) in [5.41, 5.74) is 3.18. The fraction of sp³-hybridized carbons (Fsp3) is 0.292. The lowest BCUT2D eigenvalue weighted by molar-refractivity contribution is 0.103. The average molecular weight is 431 g/mol. The molecule has 1 aliphatic rings. The predicted molar refractivity (Wildman–Crippen MR) is 124 cm³/mol. The Bertz CT molecular complexity index is 1150. The second-order valence-electron chi connectivity index (χ2n) is 8.01. The number of aliphatic hydroxyl groups excluding tert-OH is 1. The van der Waals surface area contributed by atoms with E-state index in [0.29, 0.717) is 17.0 Å². The van der Waals surface area contributed by atoms with Crippen LogP contribution < -0.4 is 9.80 Å². The summed E-state index contributed by atoms with van der Waals surface area (Å²) in [6.45, 7) is 11.7. The van der Waals surface area contributed by atoms with Crippen molar-refractivity contribution in [3.63, 3.8) is 0 Å². The minimum absolute atomic E-state index is 0.0967. The Morgan fingerprint density at radius 1 is 1.06 bits per heavy atom. The van der Waals surface area contributed by atoms with Crippen LogP contribution in [-0.2, 0) is 0 Å². The van der Waals surface area contributed by atoms with Gasteiger partial charge in [0.25, 0.3) is 0 Å². The van der Waals surface area contributed by atoms with Gasteiger partial charge in [-0.3, -0.25) is 4.79 Å². The molecular weight excluding hydrogens is 404 g/mol. The summed E-state index contributed by atoms with van der Waals surface area (Å²) in [4.78, 5) is 25.9. The molecule has 0 spiro atoms. The third kappa shape index (κ3) is 4.03. The maximum absolute atomic E-state index is 12.9. The first kappa shape index (κ1) is 21.4. The molecule has 8 nitrogen and oxygen atoms in total. The predicted octanol–water partition coefficient (Wildman–Crippen LogP) is 3.36. The zero-order valence-corrected chi connectivity index (χ0v) is 18.5. The summed E-state index contributed by atoms with van der Waals surface area (Å²) in [6, 6.07) is 9.31. The van der Waals surface area contributed by atoms with E-state index in [-0.39, 0.29) is 17.6 Å². The summed E-state index contributed by atoms with van der Waals surface area (Å²) < 4.78 is 0. The smallest absolute Gasteiger partial charge is 0.213 e. The first-order chi connectivity index (χ1) is 15.4. The van der Waals surface area contributed by atoms with Crippen LogP contribution in [0.15, 0.2) is 49.3 Å². The molecule has 1 fully saturated rings. The normalized spacial score (nSPS) is 16.2. The van der Waals surface area contributed by atoms with Gasteiger partial charge in [-0.1, -0.05) is 36.9 Å². The molecule has 0 saturated carbocycles. The quantitative estimate of drug-likeness (QED) is 0.486. The Hall–Kier alpha value is -3.81. The van der Waals surface area contributed by atoms with Gasteiger partial charge in [0, 0.05) is 31.2 Å². The lowest BCUT2D eigenvalue weighted by Crippen LogP contribution is -2.53. The van der Waals surface area contributed by atoms with Crippen molar-refractivity contribution in [1.29, 1.82) is 0 Å². The highest BCUT2D eigenvalue weighted by atomic mass is 16.3. The molecule has 3 heterocycles. The topological polar surface area (TPSA) is 95.3 Å². The fourth-order valence-electron chi connectivity index (χ4n) is 3.94. The van der Waals surface area contributed by atoms with Crippen LogP contribution >= 0.6 is 0 Å². The Kier molecular flexibility index (Phi) is 5.85. The van der Waals surface area contributed by atoms with Gasteiger partial charge in [-0.25, -0.2) is 9.97 Å². The molecule has 1 aromatic carbocycles. The van der Waals surface area contributed by atoms with E-state index >= 15 is 0 Å². The summed E-state index contributed by atoms with van der Waals surface area (Å²) in [5.74, 6) is 1.35. The Morgan fingerprint density at radius 2 is 1.81 bits per heavy atom. The van der Waals surface area contributed by atoms with Gasteiger partial charge in [0.05, 0.1) is 12.4 Å². The highest BCUT2D eigenvalue weighted by Gasteiger charge is 2.28. The SMILES string of the molecule is C=C(O)c1cnc(N2CCN(c3nnc(C(=O)c4ccccc4)c(C)c3C)C[C@H]2C)cn1. The summed E-state index contributed by atoms with van der Waals surface area (Å²) in [6.07, 6.45) is 3.18. The number of nitrogens with zero attached hydrogens (tertiary/aromatic N) is 6. The largest absolute Gasteiger partial charge is 0.506 e. The Morgan fingerprint density at radius 3 is 2.44 bits per heavy atom. The van der Waals surface area contributed by atoms with Crippen LogP contribution in [0.4, 0.5) is 11.6 Å². The highest BCUT2D eigenvalue weighted by molar-refractivity contribution is 6.08. The van der Waals surface area contributed by atoms with Crippen LogP contribution in [0, 0.1) is 13.8 Å². The van der Waals surface area contributed by atoms with E-state index in [1.165, 1.54) is 6.20 Å². The molecular formula is C24H26N6O2. The Balaban J connectivity index is 1.52. The van der Waals surface area contributed by atoms with Crippen LogP contribution in [0.5, 0.6) is 0 Å². The van der Waals surface area contributed by atoms with Gasteiger partial charge in [-0.15, -0.1) is 10.2 Å². The highest BCUT2D eigenvalue weighted by Crippen LogP contribution is 2.26. The van der Waals surface area contributed by atoms with Crippen molar-refractivity contribution in [2.45, 2.75) is 26.8 Å². The molecule has 8 heteroatoms. The monoisotopic (exact) mass is 430 g/mol. The number of rotatable bonds is 5. The third-order valence-corrected chi connectivity index (χ3v) is 5.90. The molecule has 1 N–H and O–H groups in total. The van der Waals surface area contributed by atoms with E-state index in [1.807, 2.05) is 32.0 Å². The number of anilines is 2. The molecule has 4 rings (SSSR count). The van der Waals surface area contributed by atoms with E-state index < -0.39 is 0 Å². The number of benzene rings is 1. The van der Waals surface area contributed by atoms with Crippen molar-refractivity contribution in [1.82, 2.24) is 20.2 Å². The molecule has 1 atom stereocenters. The number of carbonyl (C=O) groups is 1. The molecule has 32 heavy (non-hydrogen) atoms. The fourth-order valence-corrected chi connectivity index (χ4v) is 3.94. The van der Waals surface area contributed by atoms with E-state index in [0.717, 1.165) is 42.4 Å². The molecule has 0 aliphatic carbocycles. The number of ketones is 1. The molecule has 0 bridgehead atoms. The van der Waals surface area contributed by atoms with Crippen molar-refractivity contribution in [2.75, 3.05) is 29.4 Å². The molecule has 1 aliphatic heterocycles. The average Bonchev–Trinajstić information content (AvgIpc) is 2.81. The van der Waals surface area contributed by atoms with Gasteiger partial charge in [0.1, 0.15) is 23.0 Å². The van der Waals surface area contributed by atoms with Crippen LogP contribution in [0.1, 0.15) is 39.8 Å². The molecule has 0 amide bonds. The van der Waals surface area contributed by atoms with E-state index in [4.69, 9.17) is 0 Å². The minimum Gasteiger partial charge on any atom is -0.506 e. The number of piperazine rings is 1. The van der Waals surface area contributed by atoms with Gasteiger partial charge < -0.3 is 14.9 Å². The number of aliphatic hydroxyl groups is 1. The minimum atomic E-state index is -0.115. The summed E-state index contributed by atoms with van der Waals surface area (Å²) in [7, 11) is 0. The molecule has 1 saturated heterocycles. The van der Waals surface area contributed by atoms with Crippen LogP contribution in [0.25, 0.3) is 5.76 Å². The lowest BCUT2D eigenvalue weighted by Gasteiger charge is -2.41.